The highest BCUT2D eigenvalue weighted by atomic mass is 16.6. The van der Waals surface area contributed by atoms with Crippen LogP contribution in [-0.4, -0.2) is 29.7 Å². The van der Waals surface area contributed by atoms with E-state index in [9.17, 15) is 9.59 Å². The van der Waals surface area contributed by atoms with Gasteiger partial charge in [0.25, 0.3) is 0 Å². The summed E-state index contributed by atoms with van der Waals surface area (Å²) in [7, 11) is 0. The molecule has 24 heavy (non-hydrogen) atoms. The van der Waals surface area contributed by atoms with Crippen LogP contribution in [0.15, 0.2) is 28.9 Å². The van der Waals surface area contributed by atoms with Crippen molar-refractivity contribution in [3.63, 3.8) is 0 Å². The molecule has 0 aromatic carbocycles. The molecule has 0 unspecified atom stereocenters. The average Bonchev–Trinajstić information content (AvgIpc) is 3.01. The summed E-state index contributed by atoms with van der Waals surface area (Å²) in [5.74, 6) is 0.372. The second-order valence-electron chi connectivity index (χ2n) is 6.68. The largest absolute Gasteiger partial charge is 0.465 e. The first-order valence-electron chi connectivity index (χ1n) is 8.20. The van der Waals surface area contributed by atoms with Gasteiger partial charge in [0.2, 0.25) is 5.91 Å². The van der Waals surface area contributed by atoms with Gasteiger partial charge in [-0.1, -0.05) is 13.8 Å². The third-order valence-electron chi connectivity index (χ3n) is 3.65. The summed E-state index contributed by atoms with van der Waals surface area (Å²) in [5, 5.41) is 5.71. The summed E-state index contributed by atoms with van der Waals surface area (Å²) in [5.41, 5.74) is -1.08. The fourth-order valence-corrected chi connectivity index (χ4v) is 2.12. The molecule has 0 bridgehead atoms. The van der Waals surface area contributed by atoms with E-state index in [4.69, 9.17) is 9.15 Å². The van der Waals surface area contributed by atoms with Crippen molar-refractivity contribution in [2.24, 2.45) is 0 Å². The van der Waals surface area contributed by atoms with Crippen LogP contribution in [0.3, 0.4) is 0 Å². The monoisotopic (exact) mass is 336 g/mol. The molecule has 6 nitrogen and oxygen atoms in total. The molecule has 0 atom stereocenters. The molecule has 0 aliphatic heterocycles. The van der Waals surface area contributed by atoms with Crippen molar-refractivity contribution in [3.05, 3.63) is 30.2 Å². The van der Waals surface area contributed by atoms with E-state index in [-0.39, 0.29) is 5.91 Å². The van der Waals surface area contributed by atoms with Crippen LogP contribution >= 0.6 is 0 Å². The topological polar surface area (TPSA) is 80.6 Å². The van der Waals surface area contributed by atoms with E-state index in [0.717, 1.165) is 0 Å². The van der Waals surface area contributed by atoms with Crippen LogP contribution in [-0.2, 0) is 9.53 Å². The van der Waals surface area contributed by atoms with Gasteiger partial charge in [0.15, 0.2) is 0 Å². The average molecular weight is 336 g/mol. The van der Waals surface area contributed by atoms with Gasteiger partial charge in [0.1, 0.15) is 11.4 Å². The van der Waals surface area contributed by atoms with E-state index in [1.165, 1.54) is 6.08 Å². The van der Waals surface area contributed by atoms with Crippen molar-refractivity contribution < 1.29 is 18.7 Å². The second-order valence-corrected chi connectivity index (χ2v) is 6.68. The minimum absolute atomic E-state index is 0.235. The summed E-state index contributed by atoms with van der Waals surface area (Å²) in [6.45, 7) is 9.66. The maximum absolute atomic E-state index is 12.2. The molecule has 6 heteroatoms. The number of rotatable bonds is 7. The van der Waals surface area contributed by atoms with E-state index in [1.807, 2.05) is 13.8 Å². The molecule has 1 aromatic heterocycles. The summed E-state index contributed by atoms with van der Waals surface area (Å²) < 4.78 is 10.4. The first-order chi connectivity index (χ1) is 11.2. The van der Waals surface area contributed by atoms with Crippen molar-refractivity contribution >= 4 is 18.1 Å². The van der Waals surface area contributed by atoms with Gasteiger partial charge in [-0.2, -0.15) is 0 Å². The van der Waals surface area contributed by atoms with E-state index in [1.54, 1.807) is 45.2 Å². The Morgan fingerprint density at radius 1 is 1.25 bits per heavy atom. The zero-order valence-corrected chi connectivity index (χ0v) is 15.1. The number of alkyl carbamates (subject to hydrolysis) is 1. The lowest BCUT2D eigenvalue weighted by atomic mass is 9.92. The predicted molar refractivity (Wildman–Crippen MR) is 93.4 cm³/mol. The maximum Gasteiger partial charge on any atom is 0.407 e. The van der Waals surface area contributed by atoms with Crippen molar-refractivity contribution in [1.82, 2.24) is 10.6 Å². The molecule has 1 rings (SSSR count). The van der Waals surface area contributed by atoms with Crippen LogP contribution in [0.25, 0.3) is 6.08 Å². The highest BCUT2D eigenvalue weighted by Crippen LogP contribution is 2.15. The molecule has 1 heterocycles. The van der Waals surface area contributed by atoms with E-state index >= 15 is 0 Å². The Bertz CT molecular complexity index is 552. The van der Waals surface area contributed by atoms with Crippen LogP contribution in [0, 0.1) is 0 Å². The molecule has 2 amide bonds. The Morgan fingerprint density at radius 3 is 2.42 bits per heavy atom. The zero-order chi connectivity index (χ0) is 18.2. The lowest BCUT2D eigenvalue weighted by molar-refractivity contribution is -0.118. The fraction of sp³-hybridized carbons (Fsp3) is 0.556. The number of carbonyl (C=O) groups is 2. The van der Waals surface area contributed by atoms with Gasteiger partial charge in [-0.05, 0) is 51.8 Å². The number of carbonyl (C=O) groups excluding carboxylic acids is 2. The first-order valence-corrected chi connectivity index (χ1v) is 8.20. The highest BCUT2D eigenvalue weighted by molar-refractivity contribution is 5.92. The first kappa shape index (κ1) is 19.8. The molecular weight excluding hydrogens is 308 g/mol. The Balaban J connectivity index is 2.63. The second kappa shape index (κ2) is 8.57. The molecule has 134 valence electrons. The summed E-state index contributed by atoms with van der Waals surface area (Å²) in [6.07, 6.45) is 5.44. The molecule has 0 saturated carbocycles. The maximum atomic E-state index is 12.2. The summed E-state index contributed by atoms with van der Waals surface area (Å²) >= 11 is 0. The number of ether oxygens (including phenoxy) is 1. The van der Waals surface area contributed by atoms with E-state index < -0.39 is 17.2 Å². The van der Waals surface area contributed by atoms with Gasteiger partial charge in [-0.15, -0.1) is 0 Å². The lowest BCUT2D eigenvalue weighted by Gasteiger charge is -2.33. The molecule has 0 aliphatic carbocycles. The Kier molecular flexibility index (Phi) is 7.07. The molecule has 0 radical (unpaired) electrons. The van der Waals surface area contributed by atoms with Crippen LogP contribution in [0.1, 0.15) is 53.2 Å². The molecule has 0 spiro atoms. The quantitative estimate of drug-likeness (QED) is 0.747. The van der Waals surface area contributed by atoms with Gasteiger partial charge in [0, 0.05) is 12.6 Å². The van der Waals surface area contributed by atoms with Gasteiger partial charge in [-0.25, -0.2) is 4.79 Å². The number of hydrogen-bond donors (Lipinski definition) is 2. The van der Waals surface area contributed by atoms with Gasteiger partial charge in [-0.3, -0.25) is 4.79 Å². The van der Waals surface area contributed by atoms with Crippen molar-refractivity contribution in [3.8, 4) is 0 Å². The highest BCUT2D eigenvalue weighted by Gasteiger charge is 2.29. The molecule has 1 aromatic rings. The SMILES string of the molecule is CCC(CC)(CNC(=O)OC(C)(C)C)NC(=O)/C=C/c1ccco1. The fourth-order valence-electron chi connectivity index (χ4n) is 2.12. The molecular formula is C18H28N2O4. The van der Waals surface area contributed by atoms with Crippen molar-refractivity contribution in [1.29, 1.82) is 0 Å². The molecule has 0 fully saturated rings. The van der Waals surface area contributed by atoms with Crippen molar-refractivity contribution in [2.75, 3.05) is 6.54 Å². The number of nitrogens with one attached hydrogen (secondary N) is 2. The summed E-state index contributed by atoms with van der Waals surface area (Å²) in [6, 6.07) is 3.52. The smallest absolute Gasteiger partial charge is 0.407 e. The van der Waals surface area contributed by atoms with Crippen molar-refractivity contribution in [2.45, 2.75) is 58.6 Å². The minimum Gasteiger partial charge on any atom is -0.465 e. The lowest BCUT2D eigenvalue weighted by Crippen LogP contribution is -2.55. The Labute approximate surface area is 143 Å². The van der Waals surface area contributed by atoms with E-state index in [2.05, 4.69) is 10.6 Å². The Morgan fingerprint density at radius 2 is 1.92 bits per heavy atom. The number of hydrogen-bond acceptors (Lipinski definition) is 4. The molecule has 0 saturated heterocycles. The van der Waals surface area contributed by atoms with E-state index in [0.29, 0.717) is 25.1 Å². The Hall–Kier alpha value is -2.24. The molecule has 2 N–H and O–H groups in total. The summed E-state index contributed by atoms with van der Waals surface area (Å²) in [4.78, 5) is 24.0. The third-order valence-corrected chi connectivity index (χ3v) is 3.65. The van der Waals surface area contributed by atoms with Crippen LogP contribution in [0.5, 0.6) is 0 Å². The van der Waals surface area contributed by atoms with Gasteiger partial charge < -0.3 is 19.8 Å². The van der Waals surface area contributed by atoms with Gasteiger partial charge in [0.05, 0.1) is 11.8 Å². The van der Waals surface area contributed by atoms with Gasteiger partial charge >= 0.3 is 6.09 Å². The number of furan rings is 1. The van der Waals surface area contributed by atoms with Crippen LogP contribution < -0.4 is 10.6 Å². The predicted octanol–water partition coefficient (Wildman–Crippen LogP) is 3.49. The normalized spacial score (nSPS) is 12.2. The molecule has 0 aliphatic rings. The standard InChI is InChI=1S/C18H28N2O4/c1-6-18(7-2,13-19-16(22)24-17(3,4)5)20-15(21)11-10-14-9-8-12-23-14/h8-12H,6-7,13H2,1-5H3,(H,19,22)(H,20,21)/b11-10+. The number of amides is 2. The third kappa shape index (κ3) is 6.89. The zero-order valence-electron chi connectivity index (χ0n) is 15.1. The van der Waals surface area contributed by atoms with Crippen LogP contribution in [0.4, 0.5) is 4.79 Å². The minimum atomic E-state index is -0.555. The van der Waals surface area contributed by atoms with Crippen LogP contribution in [0.2, 0.25) is 0 Å².